The molecule has 0 aliphatic rings. The minimum absolute atomic E-state index is 0.371. The van der Waals surface area contributed by atoms with E-state index in [4.69, 9.17) is 28.9 Å². The van der Waals surface area contributed by atoms with Gasteiger partial charge in [0.15, 0.2) is 0 Å². The van der Waals surface area contributed by atoms with Gasteiger partial charge in [-0.05, 0) is 12.1 Å². The van der Waals surface area contributed by atoms with E-state index in [0.717, 1.165) is 5.56 Å². The summed E-state index contributed by atoms with van der Waals surface area (Å²) in [4.78, 5) is 0. The molecule has 0 aliphatic heterocycles. The largest absolute Gasteiger partial charge is 0.330 e. The van der Waals surface area contributed by atoms with Crippen molar-refractivity contribution in [1.82, 2.24) is 0 Å². The summed E-state index contributed by atoms with van der Waals surface area (Å²) in [5, 5.41) is 1.12. The number of hydrogen-bond donors (Lipinski definition) is 1. The molecule has 5 heteroatoms. The Hall–Kier alpha value is -0.0900. The summed E-state index contributed by atoms with van der Waals surface area (Å²) in [7, 11) is -0.985. The molecular formula is C9H11Cl2NOS. The van der Waals surface area contributed by atoms with E-state index in [1.165, 1.54) is 0 Å². The Balaban J connectivity index is 2.80. The minimum atomic E-state index is -0.985. The monoisotopic (exact) mass is 251 g/mol. The lowest BCUT2D eigenvalue weighted by atomic mass is 10.2. The molecule has 0 amide bonds. The fourth-order valence-corrected chi connectivity index (χ4v) is 2.76. The fraction of sp³-hybridized carbons (Fsp3) is 0.333. The van der Waals surface area contributed by atoms with Crippen molar-refractivity contribution in [3.8, 4) is 0 Å². The first-order valence-electron chi connectivity index (χ1n) is 4.13. The van der Waals surface area contributed by atoms with Crippen molar-refractivity contribution < 1.29 is 4.21 Å². The number of rotatable bonds is 4. The van der Waals surface area contributed by atoms with Gasteiger partial charge in [-0.15, -0.1) is 0 Å². The first-order valence-corrected chi connectivity index (χ1v) is 6.37. The highest BCUT2D eigenvalue weighted by atomic mass is 35.5. The van der Waals surface area contributed by atoms with E-state index in [1.54, 1.807) is 18.2 Å². The van der Waals surface area contributed by atoms with Crippen molar-refractivity contribution in [2.75, 3.05) is 12.3 Å². The van der Waals surface area contributed by atoms with Crippen LogP contribution in [-0.4, -0.2) is 16.5 Å². The summed E-state index contributed by atoms with van der Waals surface area (Å²) < 4.78 is 11.4. The van der Waals surface area contributed by atoms with Crippen molar-refractivity contribution in [3.05, 3.63) is 33.8 Å². The molecule has 0 saturated carbocycles. The molecule has 0 spiro atoms. The standard InChI is InChI=1S/C9H11Cl2NOS/c10-8-2-1-3-9(11)7(8)6-14(13)5-4-12/h1-3H,4-6,12H2. The molecule has 0 aromatic heterocycles. The average Bonchev–Trinajstić information content (AvgIpc) is 2.12. The lowest BCUT2D eigenvalue weighted by Gasteiger charge is -2.05. The van der Waals surface area contributed by atoms with Gasteiger partial charge in [0.25, 0.3) is 0 Å². The van der Waals surface area contributed by atoms with Crippen LogP contribution in [0.4, 0.5) is 0 Å². The van der Waals surface area contributed by atoms with Crippen LogP contribution in [0.1, 0.15) is 5.56 Å². The summed E-state index contributed by atoms with van der Waals surface area (Å²) in [6.07, 6.45) is 0. The molecule has 0 heterocycles. The minimum Gasteiger partial charge on any atom is -0.330 e. The maximum Gasteiger partial charge on any atom is 0.0515 e. The molecule has 1 unspecified atom stereocenters. The predicted molar refractivity (Wildman–Crippen MR) is 62.2 cm³/mol. The van der Waals surface area contributed by atoms with Crippen LogP contribution in [0.25, 0.3) is 0 Å². The second-order valence-corrected chi connectivity index (χ2v) is 5.17. The zero-order valence-electron chi connectivity index (χ0n) is 7.50. The van der Waals surface area contributed by atoms with Crippen LogP contribution in [0.15, 0.2) is 18.2 Å². The van der Waals surface area contributed by atoms with Gasteiger partial charge in [0.2, 0.25) is 0 Å². The van der Waals surface area contributed by atoms with Gasteiger partial charge in [-0.2, -0.15) is 0 Å². The molecule has 2 nitrogen and oxygen atoms in total. The van der Waals surface area contributed by atoms with Crippen LogP contribution in [-0.2, 0) is 16.6 Å². The highest BCUT2D eigenvalue weighted by Crippen LogP contribution is 2.25. The third-order valence-corrected chi connectivity index (χ3v) is 3.72. The third-order valence-electron chi connectivity index (χ3n) is 1.71. The zero-order valence-corrected chi connectivity index (χ0v) is 9.83. The second kappa shape index (κ2) is 5.71. The van der Waals surface area contributed by atoms with Gasteiger partial charge in [0.05, 0.1) is 5.75 Å². The van der Waals surface area contributed by atoms with E-state index in [2.05, 4.69) is 0 Å². The van der Waals surface area contributed by atoms with Gasteiger partial charge in [-0.25, -0.2) is 0 Å². The molecule has 0 saturated heterocycles. The Morgan fingerprint density at radius 3 is 2.36 bits per heavy atom. The van der Waals surface area contributed by atoms with E-state index in [0.29, 0.717) is 28.1 Å². The lowest BCUT2D eigenvalue weighted by molar-refractivity contribution is 0.682. The van der Waals surface area contributed by atoms with Crippen LogP contribution in [0, 0.1) is 0 Å². The Kier molecular flexibility index (Phi) is 4.89. The number of halogens is 2. The summed E-state index contributed by atoms with van der Waals surface area (Å²) in [6.45, 7) is 0.411. The molecule has 1 atom stereocenters. The lowest BCUT2D eigenvalue weighted by Crippen LogP contribution is -2.11. The molecule has 1 aromatic carbocycles. The molecule has 0 radical (unpaired) electrons. The van der Waals surface area contributed by atoms with Crippen LogP contribution < -0.4 is 5.73 Å². The summed E-state index contributed by atoms with van der Waals surface area (Å²) >= 11 is 11.8. The van der Waals surface area contributed by atoms with Gasteiger partial charge in [-0.1, -0.05) is 29.3 Å². The summed E-state index contributed by atoms with van der Waals surface area (Å²) in [5.74, 6) is 0.845. The highest BCUT2D eigenvalue weighted by Gasteiger charge is 2.08. The molecule has 0 fully saturated rings. The van der Waals surface area contributed by atoms with Gasteiger partial charge in [0, 0.05) is 38.7 Å². The molecule has 1 aromatic rings. The van der Waals surface area contributed by atoms with Crippen molar-refractivity contribution in [1.29, 1.82) is 0 Å². The first kappa shape index (κ1) is 12.0. The van der Waals surface area contributed by atoms with Crippen molar-refractivity contribution in [3.63, 3.8) is 0 Å². The van der Waals surface area contributed by atoms with Crippen LogP contribution in [0.3, 0.4) is 0 Å². The van der Waals surface area contributed by atoms with Gasteiger partial charge >= 0.3 is 0 Å². The maximum atomic E-state index is 11.4. The molecule has 0 bridgehead atoms. The van der Waals surface area contributed by atoms with Crippen molar-refractivity contribution in [2.24, 2.45) is 5.73 Å². The van der Waals surface area contributed by atoms with E-state index in [1.807, 2.05) is 0 Å². The number of hydrogen-bond acceptors (Lipinski definition) is 2. The molecular weight excluding hydrogens is 241 g/mol. The second-order valence-electron chi connectivity index (χ2n) is 2.78. The average molecular weight is 252 g/mol. The Morgan fingerprint density at radius 2 is 1.86 bits per heavy atom. The normalized spacial score (nSPS) is 12.8. The van der Waals surface area contributed by atoms with E-state index < -0.39 is 10.8 Å². The van der Waals surface area contributed by atoms with Gasteiger partial charge in [-0.3, -0.25) is 4.21 Å². The van der Waals surface area contributed by atoms with Crippen molar-refractivity contribution in [2.45, 2.75) is 5.75 Å². The quantitative estimate of drug-likeness (QED) is 0.892. The van der Waals surface area contributed by atoms with E-state index in [-0.39, 0.29) is 0 Å². The Labute approximate surface area is 95.8 Å². The molecule has 78 valence electrons. The number of benzene rings is 1. The third kappa shape index (κ3) is 3.24. The number of nitrogens with two attached hydrogens (primary N) is 1. The first-order chi connectivity index (χ1) is 6.65. The van der Waals surface area contributed by atoms with Gasteiger partial charge < -0.3 is 5.73 Å². The molecule has 14 heavy (non-hydrogen) atoms. The molecule has 1 rings (SSSR count). The van der Waals surface area contributed by atoms with Crippen LogP contribution >= 0.6 is 23.2 Å². The maximum absolute atomic E-state index is 11.4. The van der Waals surface area contributed by atoms with Crippen molar-refractivity contribution >= 4 is 34.0 Å². The van der Waals surface area contributed by atoms with Gasteiger partial charge in [0.1, 0.15) is 0 Å². The summed E-state index contributed by atoms with van der Waals surface area (Å²) in [6, 6.07) is 5.24. The smallest absolute Gasteiger partial charge is 0.0515 e. The Morgan fingerprint density at radius 1 is 1.29 bits per heavy atom. The topological polar surface area (TPSA) is 43.1 Å². The fourth-order valence-electron chi connectivity index (χ4n) is 1.03. The summed E-state index contributed by atoms with van der Waals surface area (Å²) in [5.41, 5.74) is 6.04. The highest BCUT2D eigenvalue weighted by molar-refractivity contribution is 7.84. The van der Waals surface area contributed by atoms with Crippen LogP contribution in [0.2, 0.25) is 10.0 Å². The van der Waals surface area contributed by atoms with Crippen LogP contribution in [0.5, 0.6) is 0 Å². The molecule has 0 aliphatic carbocycles. The SMILES string of the molecule is NCCS(=O)Cc1c(Cl)cccc1Cl. The Bertz CT molecular complexity index is 323. The van der Waals surface area contributed by atoms with E-state index in [9.17, 15) is 4.21 Å². The predicted octanol–water partition coefficient (Wildman–Crippen LogP) is 2.20. The zero-order chi connectivity index (χ0) is 10.6. The molecule has 2 N–H and O–H groups in total. The van der Waals surface area contributed by atoms with E-state index >= 15 is 0 Å².